The maximum absolute atomic E-state index is 11.5. The fourth-order valence-electron chi connectivity index (χ4n) is 2.72. The van der Waals surface area contributed by atoms with E-state index >= 15 is 0 Å². The highest BCUT2D eigenvalue weighted by atomic mass is 35.5. The van der Waals surface area contributed by atoms with E-state index < -0.39 is 5.97 Å². The monoisotopic (exact) mass is 310 g/mol. The van der Waals surface area contributed by atoms with Gasteiger partial charge in [-0.2, -0.15) is 0 Å². The van der Waals surface area contributed by atoms with Crippen LogP contribution in [0.2, 0.25) is 5.02 Å². The predicted molar refractivity (Wildman–Crippen MR) is 78.5 cm³/mol. The van der Waals surface area contributed by atoms with Gasteiger partial charge in [0.05, 0.1) is 41.1 Å². The highest BCUT2D eigenvalue weighted by Crippen LogP contribution is 2.34. The van der Waals surface area contributed by atoms with Gasteiger partial charge in [-0.05, 0) is 12.1 Å². The van der Waals surface area contributed by atoms with E-state index in [4.69, 9.17) is 21.2 Å². The summed E-state index contributed by atoms with van der Waals surface area (Å²) in [6.07, 6.45) is -0.0828. The summed E-state index contributed by atoms with van der Waals surface area (Å²) in [5, 5.41) is 13.9. The van der Waals surface area contributed by atoms with E-state index in [0.717, 1.165) is 0 Å². The van der Waals surface area contributed by atoms with Crippen molar-refractivity contribution in [3.63, 3.8) is 0 Å². The van der Waals surface area contributed by atoms with Gasteiger partial charge in [0, 0.05) is 19.7 Å². The number of hydrogen-bond acceptors (Lipinski definition) is 5. The van der Waals surface area contributed by atoms with Crippen molar-refractivity contribution >= 4 is 29.0 Å². The highest BCUT2D eigenvalue weighted by Gasteiger charge is 2.40. The van der Waals surface area contributed by atoms with Crippen LogP contribution in [0.25, 0.3) is 0 Å². The topological polar surface area (TPSA) is 71.4 Å². The fraction of sp³-hybridized carbons (Fsp3) is 0.429. The molecule has 21 heavy (non-hydrogen) atoms. The van der Waals surface area contributed by atoms with Crippen LogP contribution in [-0.2, 0) is 9.57 Å². The second kappa shape index (κ2) is 5.20. The Bertz CT molecular complexity index is 630. The van der Waals surface area contributed by atoms with Crippen LogP contribution in [0, 0.1) is 5.92 Å². The molecule has 2 aliphatic heterocycles. The van der Waals surface area contributed by atoms with E-state index in [1.165, 1.54) is 0 Å². The molecule has 0 spiro atoms. The van der Waals surface area contributed by atoms with Crippen LogP contribution in [0.15, 0.2) is 17.3 Å². The van der Waals surface area contributed by atoms with E-state index in [1.807, 2.05) is 0 Å². The van der Waals surface area contributed by atoms with Crippen LogP contribution in [-0.4, -0.2) is 50.2 Å². The van der Waals surface area contributed by atoms with Gasteiger partial charge in [0.1, 0.15) is 0 Å². The molecule has 0 amide bonds. The number of fused-ring (bicyclic) bond motifs is 1. The number of hydrogen-bond donors (Lipinski definition) is 1. The number of halogens is 1. The third-order valence-corrected chi connectivity index (χ3v) is 3.99. The van der Waals surface area contributed by atoms with Crippen LogP contribution < -0.4 is 4.90 Å². The molecule has 2 heterocycles. The zero-order valence-corrected chi connectivity index (χ0v) is 12.4. The molecule has 1 aromatic carbocycles. The molecule has 1 N–H and O–H groups in total. The summed E-state index contributed by atoms with van der Waals surface area (Å²) < 4.78 is 5.37. The van der Waals surface area contributed by atoms with Crippen molar-refractivity contribution in [1.29, 1.82) is 0 Å². The minimum Gasteiger partial charge on any atom is -0.478 e. The van der Waals surface area contributed by atoms with Gasteiger partial charge in [0.15, 0.2) is 6.10 Å². The number of carboxylic acid groups (broad SMARTS) is 1. The van der Waals surface area contributed by atoms with Gasteiger partial charge in [-0.3, -0.25) is 0 Å². The van der Waals surface area contributed by atoms with Crippen molar-refractivity contribution in [1.82, 2.24) is 0 Å². The molecule has 0 aromatic heterocycles. The third-order valence-electron chi connectivity index (χ3n) is 3.70. The second-order valence-electron chi connectivity index (χ2n) is 5.32. The van der Waals surface area contributed by atoms with E-state index in [9.17, 15) is 9.90 Å². The molecule has 2 unspecified atom stereocenters. The molecule has 0 radical (unpaired) electrons. The number of carbonyl (C=O) groups is 1. The number of nitrogens with zero attached hydrogens (tertiary/aromatic N) is 2. The van der Waals surface area contributed by atoms with Crippen molar-refractivity contribution in [2.75, 3.05) is 32.2 Å². The summed E-state index contributed by atoms with van der Waals surface area (Å²) >= 11 is 6.26. The SMILES string of the molecule is CN(C)c1c(Cl)cc(C2=NOC3COCC23)cc1C(=O)O. The van der Waals surface area contributed by atoms with Gasteiger partial charge < -0.3 is 19.6 Å². The molecular weight excluding hydrogens is 296 g/mol. The number of carboxylic acids is 1. The highest BCUT2D eigenvalue weighted by molar-refractivity contribution is 6.34. The Hall–Kier alpha value is -1.79. The van der Waals surface area contributed by atoms with E-state index in [1.54, 1.807) is 31.1 Å². The lowest BCUT2D eigenvalue weighted by Gasteiger charge is -2.19. The quantitative estimate of drug-likeness (QED) is 0.922. The minimum atomic E-state index is -1.03. The standard InChI is InChI=1S/C14H15ClN2O4/c1-17(2)13-8(14(18)19)3-7(4-10(13)15)12-9-5-20-6-11(9)21-16-12/h3-4,9,11H,5-6H2,1-2H3,(H,18,19). The number of benzene rings is 1. The smallest absolute Gasteiger partial charge is 0.337 e. The minimum absolute atomic E-state index is 0.0351. The zero-order valence-electron chi connectivity index (χ0n) is 11.7. The molecule has 2 atom stereocenters. The van der Waals surface area contributed by atoms with Crippen LogP contribution in [0.4, 0.5) is 5.69 Å². The van der Waals surface area contributed by atoms with Crippen molar-refractivity contribution in [2.24, 2.45) is 11.1 Å². The lowest BCUT2D eigenvalue weighted by atomic mass is 9.93. The average Bonchev–Trinajstić information content (AvgIpc) is 2.98. The van der Waals surface area contributed by atoms with E-state index in [-0.39, 0.29) is 17.6 Å². The zero-order chi connectivity index (χ0) is 15.1. The van der Waals surface area contributed by atoms with Gasteiger partial charge in [0.2, 0.25) is 0 Å². The molecule has 0 saturated carbocycles. The van der Waals surface area contributed by atoms with Gasteiger partial charge in [-0.15, -0.1) is 0 Å². The van der Waals surface area contributed by atoms with Gasteiger partial charge in [-0.25, -0.2) is 4.79 Å². The van der Waals surface area contributed by atoms with Crippen LogP contribution in [0.1, 0.15) is 15.9 Å². The molecule has 1 aromatic rings. The molecule has 2 aliphatic rings. The predicted octanol–water partition coefficient (Wildman–Crippen LogP) is 1.85. The van der Waals surface area contributed by atoms with Crippen molar-refractivity contribution in [2.45, 2.75) is 6.10 Å². The molecular formula is C14H15ClN2O4. The lowest BCUT2D eigenvalue weighted by Crippen LogP contribution is -2.22. The lowest BCUT2D eigenvalue weighted by molar-refractivity contribution is 0.0558. The maximum atomic E-state index is 11.5. The van der Waals surface area contributed by atoms with Crippen LogP contribution in [0.3, 0.4) is 0 Å². The molecule has 3 rings (SSSR count). The Kier molecular flexibility index (Phi) is 3.51. The maximum Gasteiger partial charge on any atom is 0.337 e. The Labute approximate surface area is 126 Å². The first-order chi connectivity index (χ1) is 9.99. The number of rotatable bonds is 3. The van der Waals surface area contributed by atoms with Gasteiger partial charge in [0.25, 0.3) is 0 Å². The van der Waals surface area contributed by atoms with E-state index in [0.29, 0.717) is 35.2 Å². The summed E-state index contributed by atoms with van der Waals surface area (Å²) in [4.78, 5) is 18.5. The molecule has 0 bridgehead atoms. The first-order valence-electron chi connectivity index (χ1n) is 6.55. The third kappa shape index (κ3) is 2.34. The molecule has 7 heteroatoms. The number of oxime groups is 1. The average molecular weight is 311 g/mol. The van der Waals surface area contributed by atoms with Gasteiger partial charge >= 0.3 is 5.97 Å². The number of ether oxygens (including phenoxy) is 1. The Morgan fingerprint density at radius 2 is 2.19 bits per heavy atom. The number of anilines is 1. The van der Waals surface area contributed by atoms with Gasteiger partial charge in [-0.1, -0.05) is 16.8 Å². The Balaban J connectivity index is 2.07. The first-order valence-corrected chi connectivity index (χ1v) is 6.93. The van der Waals surface area contributed by atoms with Crippen molar-refractivity contribution < 1.29 is 19.5 Å². The van der Waals surface area contributed by atoms with Crippen LogP contribution in [0.5, 0.6) is 0 Å². The fourth-order valence-corrected chi connectivity index (χ4v) is 3.11. The normalized spacial score (nSPS) is 23.5. The van der Waals surface area contributed by atoms with Crippen molar-refractivity contribution in [3.8, 4) is 0 Å². The largest absolute Gasteiger partial charge is 0.478 e. The summed E-state index contributed by atoms with van der Waals surface area (Å²) in [5.41, 5.74) is 1.99. The van der Waals surface area contributed by atoms with Crippen LogP contribution >= 0.6 is 11.6 Å². The summed E-state index contributed by atoms with van der Waals surface area (Å²) in [6, 6.07) is 3.32. The summed E-state index contributed by atoms with van der Waals surface area (Å²) in [5.74, 6) is -0.992. The first kappa shape index (κ1) is 14.2. The Morgan fingerprint density at radius 3 is 2.86 bits per heavy atom. The second-order valence-corrected chi connectivity index (χ2v) is 5.73. The molecule has 1 saturated heterocycles. The van der Waals surface area contributed by atoms with Crippen molar-refractivity contribution in [3.05, 3.63) is 28.3 Å². The summed E-state index contributed by atoms with van der Waals surface area (Å²) in [6.45, 7) is 1.03. The summed E-state index contributed by atoms with van der Waals surface area (Å²) in [7, 11) is 3.51. The molecule has 0 aliphatic carbocycles. The molecule has 112 valence electrons. The Morgan fingerprint density at radius 1 is 1.43 bits per heavy atom. The molecule has 1 fully saturated rings. The number of aromatic carboxylic acids is 1. The molecule has 6 nitrogen and oxygen atoms in total. The van der Waals surface area contributed by atoms with E-state index in [2.05, 4.69) is 5.16 Å².